The zero-order valence-electron chi connectivity index (χ0n) is 13.7. The van der Waals surface area contributed by atoms with Crippen LogP contribution in [0, 0.1) is 6.92 Å². The summed E-state index contributed by atoms with van der Waals surface area (Å²) in [6.07, 6.45) is 5.14. The van der Waals surface area contributed by atoms with Gasteiger partial charge in [-0.15, -0.1) is 5.10 Å². The molecule has 1 aliphatic carbocycles. The molecule has 5 heteroatoms. The van der Waals surface area contributed by atoms with Crippen LogP contribution >= 0.6 is 0 Å². The second kappa shape index (κ2) is 6.16. The van der Waals surface area contributed by atoms with Crippen LogP contribution in [0.4, 0.5) is 0 Å². The van der Waals surface area contributed by atoms with Crippen molar-refractivity contribution in [2.24, 2.45) is 7.05 Å². The van der Waals surface area contributed by atoms with E-state index < -0.39 is 0 Å². The molecule has 0 saturated heterocycles. The maximum Gasteiger partial charge on any atom is 0.167 e. The summed E-state index contributed by atoms with van der Waals surface area (Å²) in [6, 6.07) is 9.15. The number of hydrogen-bond donors (Lipinski definition) is 1. The van der Waals surface area contributed by atoms with E-state index in [-0.39, 0.29) is 11.5 Å². The fraction of sp³-hybridized carbons (Fsp3) is 0.588. The summed E-state index contributed by atoms with van der Waals surface area (Å²) in [7, 11) is 1.89. The number of hydrogen-bond acceptors (Lipinski definition) is 4. The van der Waals surface area contributed by atoms with Crippen LogP contribution in [0.25, 0.3) is 0 Å². The molecule has 1 fully saturated rings. The topological polar surface area (TPSA) is 55.6 Å². The predicted molar refractivity (Wildman–Crippen MR) is 86.5 cm³/mol. The average molecular weight is 299 g/mol. The minimum atomic E-state index is 0.155. The normalized spacial score (nSPS) is 18.5. The fourth-order valence-electron chi connectivity index (χ4n) is 3.64. The molecule has 1 N–H and O–H groups in total. The number of nitrogens with one attached hydrogen (secondary N) is 1. The highest BCUT2D eigenvalue weighted by atomic mass is 15.5. The van der Waals surface area contributed by atoms with Gasteiger partial charge in [0.15, 0.2) is 5.82 Å². The molecule has 0 radical (unpaired) electrons. The molecule has 1 aromatic heterocycles. The second-order valence-electron chi connectivity index (χ2n) is 6.62. The van der Waals surface area contributed by atoms with E-state index in [1.54, 1.807) is 4.68 Å². The van der Waals surface area contributed by atoms with Crippen molar-refractivity contribution < 1.29 is 0 Å². The molecule has 0 amide bonds. The van der Waals surface area contributed by atoms with Gasteiger partial charge in [0, 0.05) is 19.0 Å². The van der Waals surface area contributed by atoms with Gasteiger partial charge >= 0.3 is 0 Å². The molecule has 22 heavy (non-hydrogen) atoms. The van der Waals surface area contributed by atoms with Crippen molar-refractivity contribution in [3.8, 4) is 0 Å². The maximum absolute atomic E-state index is 4.11. The molecule has 5 nitrogen and oxygen atoms in total. The van der Waals surface area contributed by atoms with Crippen LogP contribution in [0.2, 0.25) is 0 Å². The summed E-state index contributed by atoms with van der Waals surface area (Å²) < 4.78 is 1.74. The van der Waals surface area contributed by atoms with Crippen LogP contribution in [-0.2, 0) is 12.5 Å². The van der Waals surface area contributed by atoms with Gasteiger partial charge in [-0.2, -0.15) is 0 Å². The first-order valence-corrected chi connectivity index (χ1v) is 8.13. The van der Waals surface area contributed by atoms with Gasteiger partial charge in [-0.3, -0.25) is 0 Å². The standard InChI is InChI=1S/C17H25N5/c1-13-7-6-8-15(11-13)17(9-4-5-10-17)12-18-14(2)16-19-20-21-22(16)3/h6-8,11,14,18H,4-5,9-10,12H2,1-3H3. The van der Waals surface area contributed by atoms with Crippen LogP contribution in [0.5, 0.6) is 0 Å². The van der Waals surface area contributed by atoms with E-state index in [1.807, 2.05) is 7.05 Å². The number of aromatic nitrogens is 4. The highest BCUT2D eigenvalue weighted by molar-refractivity contribution is 5.31. The quantitative estimate of drug-likeness (QED) is 0.922. The molecule has 0 bridgehead atoms. The number of benzene rings is 1. The van der Waals surface area contributed by atoms with Crippen LogP contribution in [0.3, 0.4) is 0 Å². The number of nitrogens with zero attached hydrogens (tertiary/aromatic N) is 4. The van der Waals surface area contributed by atoms with Gasteiger partial charge in [0.1, 0.15) is 0 Å². The Bertz CT molecular complexity index is 627. The Hall–Kier alpha value is -1.75. The third-order valence-electron chi connectivity index (χ3n) is 4.98. The third-order valence-corrected chi connectivity index (χ3v) is 4.98. The summed E-state index contributed by atoms with van der Waals surface area (Å²) in [5, 5.41) is 15.4. The predicted octanol–water partition coefficient (Wildman–Crippen LogP) is 2.68. The summed E-state index contributed by atoms with van der Waals surface area (Å²) in [5.74, 6) is 0.886. The van der Waals surface area contributed by atoms with Crippen molar-refractivity contribution >= 4 is 0 Å². The third kappa shape index (κ3) is 2.90. The Balaban J connectivity index is 1.76. The molecule has 1 aromatic carbocycles. The largest absolute Gasteiger partial charge is 0.307 e. The van der Waals surface area contributed by atoms with E-state index in [1.165, 1.54) is 36.8 Å². The second-order valence-corrected chi connectivity index (χ2v) is 6.62. The molecule has 2 aromatic rings. The SMILES string of the molecule is Cc1cccc(C2(CNC(C)c3nnnn3C)CCCC2)c1. The van der Waals surface area contributed by atoms with Gasteiger partial charge in [-0.05, 0) is 42.7 Å². The molecular weight excluding hydrogens is 274 g/mol. The zero-order chi connectivity index (χ0) is 15.6. The lowest BCUT2D eigenvalue weighted by Gasteiger charge is -2.31. The molecule has 118 valence electrons. The summed E-state index contributed by atoms with van der Waals surface area (Å²) in [4.78, 5) is 0. The number of tetrazole rings is 1. The fourth-order valence-corrected chi connectivity index (χ4v) is 3.64. The van der Waals surface area contributed by atoms with Gasteiger partial charge < -0.3 is 5.32 Å². The Kier molecular flexibility index (Phi) is 4.25. The van der Waals surface area contributed by atoms with Crippen molar-refractivity contribution in [2.45, 2.75) is 51.0 Å². The molecule has 0 aliphatic heterocycles. The first-order chi connectivity index (χ1) is 10.6. The molecular formula is C17H25N5. The Morgan fingerprint density at radius 2 is 2.09 bits per heavy atom. The van der Waals surface area contributed by atoms with Crippen molar-refractivity contribution in [1.29, 1.82) is 0 Å². The average Bonchev–Trinajstić information content (AvgIpc) is 3.14. The maximum atomic E-state index is 4.11. The molecule has 1 unspecified atom stereocenters. The smallest absolute Gasteiger partial charge is 0.167 e. The summed E-state index contributed by atoms with van der Waals surface area (Å²) in [6.45, 7) is 5.28. The van der Waals surface area contributed by atoms with E-state index in [2.05, 4.69) is 59.0 Å². The summed E-state index contributed by atoms with van der Waals surface area (Å²) >= 11 is 0. The molecule has 1 heterocycles. The van der Waals surface area contributed by atoms with Gasteiger partial charge in [-0.1, -0.05) is 42.7 Å². The van der Waals surface area contributed by atoms with E-state index in [0.29, 0.717) is 0 Å². The van der Waals surface area contributed by atoms with Crippen LogP contribution < -0.4 is 5.32 Å². The van der Waals surface area contributed by atoms with Gasteiger partial charge in [0.2, 0.25) is 0 Å². The monoisotopic (exact) mass is 299 g/mol. The zero-order valence-corrected chi connectivity index (χ0v) is 13.7. The molecule has 0 spiro atoms. The Morgan fingerprint density at radius 1 is 1.32 bits per heavy atom. The van der Waals surface area contributed by atoms with Gasteiger partial charge in [0.05, 0.1) is 6.04 Å². The summed E-state index contributed by atoms with van der Waals surface area (Å²) in [5.41, 5.74) is 3.07. The molecule has 1 atom stereocenters. The van der Waals surface area contributed by atoms with Crippen molar-refractivity contribution in [3.05, 3.63) is 41.2 Å². The van der Waals surface area contributed by atoms with Crippen LogP contribution in [0.1, 0.15) is 55.6 Å². The Morgan fingerprint density at radius 3 is 2.73 bits per heavy atom. The number of aryl methyl sites for hydroxylation is 2. The highest BCUT2D eigenvalue weighted by Gasteiger charge is 2.36. The van der Waals surface area contributed by atoms with Crippen LogP contribution in [0.15, 0.2) is 24.3 Å². The van der Waals surface area contributed by atoms with Crippen molar-refractivity contribution in [2.75, 3.05) is 6.54 Å². The lowest BCUT2D eigenvalue weighted by atomic mass is 9.78. The highest BCUT2D eigenvalue weighted by Crippen LogP contribution is 2.41. The Labute approximate surface area is 132 Å². The van der Waals surface area contributed by atoms with E-state index in [0.717, 1.165) is 12.4 Å². The van der Waals surface area contributed by atoms with E-state index in [4.69, 9.17) is 0 Å². The van der Waals surface area contributed by atoms with Gasteiger partial charge in [0.25, 0.3) is 0 Å². The minimum absolute atomic E-state index is 0.155. The molecule has 3 rings (SSSR count). The van der Waals surface area contributed by atoms with E-state index >= 15 is 0 Å². The van der Waals surface area contributed by atoms with Crippen molar-refractivity contribution in [1.82, 2.24) is 25.5 Å². The van der Waals surface area contributed by atoms with Crippen LogP contribution in [-0.4, -0.2) is 26.8 Å². The van der Waals surface area contributed by atoms with E-state index in [9.17, 15) is 0 Å². The first-order valence-electron chi connectivity index (χ1n) is 8.13. The first kappa shape index (κ1) is 15.2. The minimum Gasteiger partial charge on any atom is -0.307 e. The molecule has 1 saturated carbocycles. The van der Waals surface area contributed by atoms with Gasteiger partial charge in [-0.25, -0.2) is 4.68 Å². The molecule has 1 aliphatic rings. The lowest BCUT2D eigenvalue weighted by molar-refractivity contribution is 0.374. The number of rotatable bonds is 5. The lowest BCUT2D eigenvalue weighted by Crippen LogP contribution is -2.37. The van der Waals surface area contributed by atoms with Crippen molar-refractivity contribution in [3.63, 3.8) is 0 Å².